The Morgan fingerprint density at radius 2 is 1.60 bits per heavy atom. The van der Waals surface area contributed by atoms with E-state index in [1.807, 2.05) is 24.3 Å². The molecule has 1 heterocycles. The van der Waals surface area contributed by atoms with Gasteiger partial charge in [-0.2, -0.15) is 0 Å². The van der Waals surface area contributed by atoms with Crippen LogP contribution >= 0.6 is 0 Å². The molecule has 4 heteroatoms. The van der Waals surface area contributed by atoms with Crippen molar-refractivity contribution in [3.63, 3.8) is 0 Å². The summed E-state index contributed by atoms with van der Waals surface area (Å²) in [5, 5.41) is 0. The summed E-state index contributed by atoms with van der Waals surface area (Å²) in [5.41, 5.74) is 2.31. The zero-order chi connectivity index (χ0) is 17.5. The topological polar surface area (TPSA) is 31.4 Å². The molecule has 0 bridgehead atoms. The summed E-state index contributed by atoms with van der Waals surface area (Å²) in [6, 6.07) is 18.0. The van der Waals surface area contributed by atoms with E-state index in [1.54, 1.807) is 25.4 Å². The first-order valence-corrected chi connectivity index (χ1v) is 8.25. The molecule has 0 amide bonds. The zero-order valence-electron chi connectivity index (χ0n) is 14.1. The number of pyridine rings is 1. The summed E-state index contributed by atoms with van der Waals surface area (Å²) in [4.78, 5) is 4.31. The minimum atomic E-state index is -0.284. The number of benzene rings is 2. The van der Waals surface area contributed by atoms with Gasteiger partial charge in [0.1, 0.15) is 17.3 Å². The van der Waals surface area contributed by atoms with E-state index in [-0.39, 0.29) is 5.82 Å². The molecule has 25 heavy (non-hydrogen) atoms. The molecule has 0 spiro atoms. The average Bonchev–Trinajstić information content (AvgIpc) is 2.65. The molecule has 0 atom stereocenters. The van der Waals surface area contributed by atoms with Crippen LogP contribution in [0.4, 0.5) is 4.39 Å². The van der Waals surface area contributed by atoms with Gasteiger partial charge in [-0.25, -0.2) is 9.37 Å². The van der Waals surface area contributed by atoms with Gasteiger partial charge in [0.05, 0.1) is 7.11 Å². The van der Waals surface area contributed by atoms with Crippen LogP contribution in [0.2, 0.25) is 0 Å². The highest BCUT2D eigenvalue weighted by Crippen LogP contribution is 2.24. The van der Waals surface area contributed by atoms with Crippen molar-refractivity contribution in [1.29, 1.82) is 0 Å². The molecule has 0 aliphatic heterocycles. The molecule has 3 rings (SSSR count). The van der Waals surface area contributed by atoms with Crippen LogP contribution in [0.15, 0.2) is 66.9 Å². The van der Waals surface area contributed by atoms with Crippen LogP contribution in [0, 0.1) is 5.82 Å². The molecule has 1 aromatic heterocycles. The number of hydrogen-bond acceptors (Lipinski definition) is 3. The molecule has 0 saturated heterocycles. The van der Waals surface area contributed by atoms with Crippen LogP contribution in [0.5, 0.6) is 17.4 Å². The number of nitrogens with zero attached hydrogens (tertiary/aromatic N) is 1. The van der Waals surface area contributed by atoms with Crippen molar-refractivity contribution >= 4 is 0 Å². The van der Waals surface area contributed by atoms with Gasteiger partial charge >= 0.3 is 0 Å². The number of ether oxygens (including phenoxy) is 2. The zero-order valence-corrected chi connectivity index (χ0v) is 14.1. The SMILES string of the molecule is COc1ccc(CCCc2cccnc2Oc2ccc(F)cc2)cc1. The number of aryl methyl sites for hydroxylation is 2. The van der Waals surface area contributed by atoms with Crippen molar-refractivity contribution in [1.82, 2.24) is 4.98 Å². The van der Waals surface area contributed by atoms with E-state index >= 15 is 0 Å². The van der Waals surface area contributed by atoms with Gasteiger partial charge in [0.15, 0.2) is 0 Å². The summed E-state index contributed by atoms with van der Waals surface area (Å²) in [7, 11) is 1.67. The fourth-order valence-corrected chi connectivity index (χ4v) is 2.60. The van der Waals surface area contributed by atoms with E-state index in [0.717, 1.165) is 30.6 Å². The van der Waals surface area contributed by atoms with E-state index in [1.165, 1.54) is 17.7 Å². The van der Waals surface area contributed by atoms with Gasteiger partial charge < -0.3 is 9.47 Å². The molecular formula is C21H20FNO2. The average molecular weight is 337 g/mol. The maximum absolute atomic E-state index is 13.0. The van der Waals surface area contributed by atoms with Crippen molar-refractivity contribution in [2.75, 3.05) is 7.11 Å². The van der Waals surface area contributed by atoms with Crippen LogP contribution in [-0.2, 0) is 12.8 Å². The number of rotatable bonds is 7. The minimum Gasteiger partial charge on any atom is -0.497 e. The van der Waals surface area contributed by atoms with Crippen molar-refractivity contribution in [3.8, 4) is 17.4 Å². The van der Waals surface area contributed by atoms with Crippen LogP contribution in [0.1, 0.15) is 17.5 Å². The fraction of sp³-hybridized carbons (Fsp3) is 0.190. The highest BCUT2D eigenvalue weighted by molar-refractivity contribution is 5.33. The second-order valence-electron chi connectivity index (χ2n) is 5.73. The Morgan fingerprint density at radius 1 is 0.880 bits per heavy atom. The molecule has 0 radical (unpaired) electrons. The molecule has 0 aliphatic carbocycles. The van der Waals surface area contributed by atoms with Crippen LogP contribution < -0.4 is 9.47 Å². The monoisotopic (exact) mass is 337 g/mol. The predicted molar refractivity (Wildman–Crippen MR) is 95.7 cm³/mol. The summed E-state index contributed by atoms with van der Waals surface area (Å²) in [5.74, 6) is 1.74. The van der Waals surface area contributed by atoms with Crippen LogP contribution in [0.25, 0.3) is 0 Å². The Balaban J connectivity index is 1.61. The Bertz CT molecular complexity index is 801. The third-order valence-electron chi connectivity index (χ3n) is 3.95. The highest BCUT2D eigenvalue weighted by atomic mass is 19.1. The van der Waals surface area contributed by atoms with Gasteiger partial charge in [-0.3, -0.25) is 0 Å². The summed E-state index contributed by atoms with van der Waals surface area (Å²) < 4.78 is 24.0. The quantitative estimate of drug-likeness (QED) is 0.594. The Hall–Kier alpha value is -2.88. The van der Waals surface area contributed by atoms with Crippen molar-refractivity contribution in [2.45, 2.75) is 19.3 Å². The number of methoxy groups -OCH3 is 1. The fourth-order valence-electron chi connectivity index (χ4n) is 2.60. The van der Waals surface area contributed by atoms with E-state index in [4.69, 9.17) is 9.47 Å². The molecule has 0 unspecified atom stereocenters. The second kappa shape index (κ2) is 8.29. The minimum absolute atomic E-state index is 0.284. The maximum Gasteiger partial charge on any atom is 0.222 e. The molecule has 0 N–H and O–H groups in total. The number of halogens is 1. The van der Waals surface area contributed by atoms with Gasteiger partial charge in [0, 0.05) is 11.8 Å². The molecule has 0 saturated carbocycles. The Morgan fingerprint density at radius 3 is 2.32 bits per heavy atom. The normalized spacial score (nSPS) is 10.5. The number of aromatic nitrogens is 1. The third kappa shape index (κ3) is 4.80. The number of hydrogen-bond donors (Lipinski definition) is 0. The van der Waals surface area contributed by atoms with Gasteiger partial charge in [-0.1, -0.05) is 18.2 Å². The van der Waals surface area contributed by atoms with Crippen molar-refractivity contribution in [2.24, 2.45) is 0 Å². The molecule has 3 aromatic rings. The van der Waals surface area contributed by atoms with Gasteiger partial charge in [-0.15, -0.1) is 0 Å². The van der Waals surface area contributed by atoms with Crippen LogP contribution in [-0.4, -0.2) is 12.1 Å². The summed E-state index contributed by atoms with van der Waals surface area (Å²) >= 11 is 0. The van der Waals surface area contributed by atoms with E-state index < -0.39 is 0 Å². The Labute approximate surface area is 147 Å². The molecule has 3 nitrogen and oxygen atoms in total. The maximum atomic E-state index is 13.0. The molecular weight excluding hydrogens is 317 g/mol. The lowest BCUT2D eigenvalue weighted by atomic mass is 10.0. The van der Waals surface area contributed by atoms with Crippen molar-refractivity contribution < 1.29 is 13.9 Å². The van der Waals surface area contributed by atoms with Crippen molar-refractivity contribution in [3.05, 3.63) is 83.8 Å². The smallest absolute Gasteiger partial charge is 0.222 e. The summed E-state index contributed by atoms with van der Waals surface area (Å²) in [6.07, 6.45) is 4.51. The van der Waals surface area contributed by atoms with E-state index in [0.29, 0.717) is 11.6 Å². The van der Waals surface area contributed by atoms with E-state index in [2.05, 4.69) is 17.1 Å². The van der Waals surface area contributed by atoms with Gasteiger partial charge in [0.2, 0.25) is 5.88 Å². The van der Waals surface area contributed by atoms with Crippen LogP contribution in [0.3, 0.4) is 0 Å². The summed E-state index contributed by atoms with van der Waals surface area (Å²) in [6.45, 7) is 0. The largest absolute Gasteiger partial charge is 0.497 e. The first-order valence-electron chi connectivity index (χ1n) is 8.25. The second-order valence-corrected chi connectivity index (χ2v) is 5.73. The first-order chi connectivity index (χ1) is 12.2. The van der Waals surface area contributed by atoms with Gasteiger partial charge in [0.25, 0.3) is 0 Å². The highest BCUT2D eigenvalue weighted by Gasteiger charge is 2.07. The lowest BCUT2D eigenvalue weighted by molar-refractivity contribution is 0.414. The molecule has 2 aromatic carbocycles. The lowest BCUT2D eigenvalue weighted by Crippen LogP contribution is -1.96. The lowest BCUT2D eigenvalue weighted by Gasteiger charge is -2.10. The van der Waals surface area contributed by atoms with Gasteiger partial charge in [-0.05, 0) is 67.3 Å². The molecule has 0 aliphatic rings. The Kier molecular flexibility index (Phi) is 5.62. The van der Waals surface area contributed by atoms with E-state index in [9.17, 15) is 4.39 Å². The molecule has 0 fully saturated rings. The third-order valence-corrected chi connectivity index (χ3v) is 3.95. The standard InChI is InChI=1S/C21H20FNO2/c1-24-19-11-7-16(8-12-19)4-2-5-17-6-3-15-23-21(17)25-20-13-9-18(22)10-14-20/h3,6-15H,2,4-5H2,1H3. The molecule has 128 valence electrons. The first kappa shape index (κ1) is 17.0. The predicted octanol–water partition coefficient (Wildman–Crippen LogP) is 5.20.